The van der Waals surface area contributed by atoms with Crippen LogP contribution in [0, 0.1) is 5.92 Å². The first-order valence-corrected chi connectivity index (χ1v) is 10.4. The van der Waals surface area contributed by atoms with Crippen LogP contribution in [0.3, 0.4) is 0 Å². The van der Waals surface area contributed by atoms with E-state index >= 15 is 0 Å². The van der Waals surface area contributed by atoms with E-state index in [-0.39, 0.29) is 17.7 Å². The molecule has 1 aliphatic rings. The van der Waals surface area contributed by atoms with Gasteiger partial charge in [0.25, 0.3) is 0 Å². The van der Waals surface area contributed by atoms with Gasteiger partial charge in [-0.2, -0.15) is 0 Å². The first kappa shape index (κ1) is 18.5. The quantitative estimate of drug-likeness (QED) is 0.515. The molecule has 0 fully saturated rings. The molecule has 0 bridgehead atoms. The number of H-pyrrole nitrogens is 1. The molecule has 1 aliphatic heterocycles. The molecule has 30 heavy (non-hydrogen) atoms. The van der Waals surface area contributed by atoms with Crippen molar-refractivity contribution in [2.24, 2.45) is 5.92 Å². The highest BCUT2D eigenvalue weighted by Crippen LogP contribution is 2.31. The van der Waals surface area contributed by atoms with E-state index in [1.807, 2.05) is 48.5 Å². The summed E-state index contributed by atoms with van der Waals surface area (Å²) >= 11 is 0. The summed E-state index contributed by atoms with van der Waals surface area (Å²) in [6, 6.07) is 26.6. The van der Waals surface area contributed by atoms with Gasteiger partial charge < -0.3 is 15.0 Å². The molecule has 0 aliphatic carbocycles. The van der Waals surface area contributed by atoms with Crippen molar-refractivity contribution in [2.75, 3.05) is 13.2 Å². The van der Waals surface area contributed by atoms with Crippen molar-refractivity contribution in [2.45, 2.75) is 12.3 Å². The van der Waals surface area contributed by atoms with Crippen LogP contribution < -0.4 is 10.1 Å². The number of benzene rings is 3. The molecule has 5 rings (SSSR count). The van der Waals surface area contributed by atoms with Gasteiger partial charge >= 0.3 is 0 Å². The van der Waals surface area contributed by atoms with E-state index in [9.17, 15) is 4.79 Å². The fraction of sp³-hybridized carbons (Fsp3) is 0.192. The molecule has 150 valence electrons. The third kappa shape index (κ3) is 3.57. The SMILES string of the molecule is O=C(NC[C@@H](c1ccccc1)c1c[nH]c2ccccc12)[C@H]1COc2ccccc2C1. The van der Waals surface area contributed by atoms with Crippen LogP contribution in [0.2, 0.25) is 0 Å². The zero-order valence-corrected chi connectivity index (χ0v) is 16.7. The van der Waals surface area contributed by atoms with E-state index in [4.69, 9.17) is 4.74 Å². The van der Waals surface area contributed by atoms with E-state index in [1.54, 1.807) is 0 Å². The zero-order chi connectivity index (χ0) is 20.3. The van der Waals surface area contributed by atoms with Crippen LogP contribution in [-0.2, 0) is 11.2 Å². The molecule has 2 heterocycles. The number of para-hydroxylation sites is 2. The van der Waals surface area contributed by atoms with Gasteiger partial charge in [-0.15, -0.1) is 0 Å². The Morgan fingerprint density at radius 1 is 1.00 bits per heavy atom. The Balaban J connectivity index is 1.37. The first-order valence-electron chi connectivity index (χ1n) is 10.4. The van der Waals surface area contributed by atoms with Gasteiger partial charge in [0.1, 0.15) is 12.4 Å². The van der Waals surface area contributed by atoms with Crippen LogP contribution in [0.1, 0.15) is 22.6 Å². The Hall–Kier alpha value is -3.53. The summed E-state index contributed by atoms with van der Waals surface area (Å²) in [4.78, 5) is 16.3. The topological polar surface area (TPSA) is 54.1 Å². The maximum Gasteiger partial charge on any atom is 0.226 e. The molecule has 0 radical (unpaired) electrons. The van der Waals surface area contributed by atoms with Crippen LogP contribution in [0.5, 0.6) is 5.75 Å². The van der Waals surface area contributed by atoms with Gasteiger partial charge in [-0.1, -0.05) is 66.7 Å². The van der Waals surface area contributed by atoms with Crippen molar-refractivity contribution in [3.63, 3.8) is 0 Å². The van der Waals surface area contributed by atoms with E-state index in [2.05, 4.69) is 46.8 Å². The normalized spacial score (nSPS) is 16.5. The summed E-state index contributed by atoms with van der Waals surface area (Å²) < 4.78 is 5.81. The lowest BCUT2D eigenvalue weighted by atomic mass is 9.90. The number of carbonyl (C=O) groups excluding carboxylic acids is 1. The molecular formula is C26H24N2O2. The maximum absolute atomic E-state index is 13.0. The summed E-state index contributed by atoms with van der Waals surface area (Å²) in [7, 11) is 0. The van der Waals surface area contributed by atoms with Crippen molar-refractivity contribution in [3.8, 4) is 5.75 Å². The largest absolute Gasteiger partial charge is 0.492 e. The fourth-order valence-electron chi connectivity index (χ4n) is 4.32. The number of amides is 1. The molecule has 1 aromatic heterocycles. The summed E-state index contributed by atoms with van der Waals surface area (Å²) in [6.07, 6.45) is 2.78. The minimum Gasteiger partial charge on any atom is -0.492 e. The second-order valence-electron chi connectivity index (χ2n) is 7.82. The predicted octanol–water partition coefficient (Wildman–Crippen LogP) is 4.67. The number of fused-ring (bicyclic) bond motifs is 2. The molecule has 2 atom stereocenters. The number of hydrogen-bond donors (Lipinski definition) is 2. The minimum absolute atomic E-state index is 0.0466. The molecule has 0 saturated carbocycles. The van der Waals surface area contributed by atoms with Crippen LogP contribution in [0.4, 0.5) is 0 Å². The van der Waals surface area contributed by atoms with Gasteiger partial charge in [0.2, 0.25) is 5.91 Å². The fourth-order valence-corrected chi connectivity index (χ4v) is 4.32. The minimum atomic E-state index is -0.167. The molecule has 4 heteroatoms. The Kier molecular flexibility index (Phi) is 4.98. The van der Waals surface area contributed by atoms with Gasteiger partial charge in [-0.25, -0.2) is 0 Å². The Morgan fingerprint density at radius 3 is 2.67 bits per heavy atom. The van der Waals surface area contributed by atoms with Crippen molar-refractivity contribution in [1.29, 1.82) is 0 Å². The van der Waals surface area contributed by atoms with Crippen LogP contribution in [-0.4, -0.2) is 24.0 Å². The highest BCUT2D eigenvalue weighted by atomic mass is 16.5. The highest BCUT2D eigenvalue weighted by Gasteiger charge is 2.27. The smallest absolute Gasteiger partial charge is 0.226 e. The van der Waals surface area contributed by atoms with Crippen molar-refractivity contribution in [1.82, 2.24) is 10.3 Å². The molecule has 0 spiro atoms. The molecule has 2 N–H and O–H groups in total. The highest BCUT2D eigenvalue weighted by molar-refractivity contribution is 5.84. The standard InChI is InChI=1S/C26H24N2O2/c29-26(20-14-19-10-4-7-13-25(19)30-17-20)28-15-22(18-8-2-1-3-9-18)23-16-27-24-12-6-5-11-21(23)24/h1-13,16,20,22,27H,14-15,17H2,(H,28,29)/t20-,22+/m1/s1. The lowest BCUT2D eigenvalue weighted by Gasteiger charge is -2.25. The van der Waals surface area contributed by atoms with E-state index < -0.39 is 0 Å². The van der Waals surface area contributed by atoms with Crippen molar-refractivity contribution in [3.05, 3.63) is 102 Å². The molecule has 4 aromatic rings. The third-order valence-corrected chi connectivity index (χ3v) is 5.93. The van der Waals surface area contributed by atoms with E-state index in [0.717, 1.165) is 16.8 Å². The summed E-state index contributed by atoms with van der Waals surface area (Å²) in [5.74, 6) is 0.843. The van der Waals surface area contributed by atoms with Gasteiger partial charge in [-0.05, 0) is 35.2 Å². The molecular weight excluding hydrogens is 372 g/mol. The van der Waals surface area contributed by atoms with Crippen molar-refractivity contribution < 1.29 is 9.53 Å². The molecule has 0 saturated heterocycles. The Bertz CT molecular complexity index is 1170. The summed E-state index contributed by atoms with van der Waals surface area (Å²) in [5.41, 5.74) is 4.59. The average molecular weight is 396 g/mol. The number of carbonyl (C=O) groups is 1. The van der Waals surface area contributed by atoms with Crippen LogP contribution in [0.25, 0.3) is 10.9 Å². The lowest BCUT2D eigenvalue weighted by Crippen LogP contribution is -2.39. The van der Waals surface area contributed by atoms with Gasteiger partial charge in [0.15, 0.2) is 0 Å². The number of hydrogen-bond acceptors (Lipinski definition) is 2. The first-order chi connectivity index (χ1) is 14.8. The Morgan fingerprint density at radius 2 is 1.77 bits per heavy atom. The van der Waals surface area contributed by atoms with Gasteiger partial charge in [0, 0.05) is 29.6 Å². The monoisotopic (exact) mass is 396 g/mol. The number of nitrogens with one attached hydrogen (secondary N) is 2. The van der Waals surface area contributed by atoms with Gasteiger partial charge in [-0.3, -0.25) is 4.79 Å². The number of aromatic nitrogens is 1. The lowest BCUT2D eigenvalue weighted by molar-refractivity contribution is -0.126. The average Bonchev–Trinajstić information content (AvgIpc) is 3.23. The summed E-state index contributed by atoms with van der Waals surface area (Å²) in [6.45, 7) is 0.967. The second-order valence-corrected chi connectivity index (χ2v) is 7.82. The summed E-state index contributed by atoms with van der Waals surface area (Å²) in [5, 5.41) is 4.39. The number of ether oxygens (including phenoxy) is 1. The number of rotatable bonds is 5. The van der Waals surface area contributed by atoms with Crippen molar-refractivity contribution >= 4 is 16.8 Å². The second kappa shape index (κ2) is 8.07. The van der Waals surface area contributed by atoms with E-state index in [0.29, 0.717) is 19.6 Å². The molecule has 3 aromatic carbocycles. The third-order valence-electron chi connectivity index (χ3n) is 5.93. The molecule has 4 nitrogen and oxygen atoms in total. The van der Waals surface area contributed by atoms with Crippen LogP contribution >= 0.6 is 0 Å². The van der Waals surface area contributed by atoms with Gasteiger partial charge in [0.05, 0.1) is 5.92 Å². The predicted molar refractivity (Wildman–Crippen MR) is 119 cm³/mol. The maximum atomic E-state index is 13.0. The van der Waals surface area contributed by atoms with E-state index in [1.165, 1.54) is 16.5 Å². The molecule has 1 amide bonds. The Labute approximate surface area is 175 Å². The molecule has 0 unspecified atom stereocenters. The number of aromatic amines is 1. The zero-order valence-electron chi connectivity index (χ0n) is 16.7. The van der Waals surface area contributed by atoms with Crippen LogP contribution in [0.15, 0.2) is 85.1 Å².